The smallest absolute Gasteiger partial charge is 0.222 e. The summed E-state index contributed by atoms with van der Waals surface area (Å²) in [6.07, 6.45) is 9.53. The number of nitrogens with zero attached hydrogens (tertiary/aromatic N) is 3. The maximum Gasteiger partial charge on any atom is 0.222 e. The van der Waals surface area contributed by atoms with E-state index in [0.29, 0.717) is 6.42 Å². The molecule has 0 aromatic carbocycles. The first-order valence-corrected chi connectivity index (χ1v) is 7.67. The first-order valence-electron chi connectivity index (χ1n) is 7.67. The van der Waals surface area contributed by atoms with Gasteiger partial charge in [-0.15, -0.1) is 0 Å². The van der Waals surface area contributed by atoms with Gasteiger partial charge >= 0.3 is 0 Å². The first-order chi connectivity index (χ1) is 9.77. The van der Waals surface area contributed by atoms with E-state index in [1.165, 1.54) is 0 Å². The Hall–Kier alpha value is -1.36. The van der Waals surface area contributed by atoms with Crippen LogP contribution in [0.25, 0.3) is 0 Å². The summed E-state index contributed by atoms with van der Waals surface area (Å²) in [5.41, 5.74) is 0.00634. The lowest BCUT2D eigenvalue weighted by Crippen LogP contribution is -2.33. The van der Waals surface area contributed by atoms with Crippen molar-refractivity contribution in [1.82, 2.24) is 14.7 Å². The number of hydrogen-bond donors (Lipinski definition) is 0. The number of likely N-dealkylation sites (tertiary alicyclic amines) is 1. The molecule has 2 aliphatic heterocycles. The molecule has 3 rings (SSSR count). The number of carbonyl (C=O) groups excluding carboxylic acids is 1. The predicted molar refractivity (Wildman–Crippen MR) is 75.2 cm³/mol. The number of ether oxygens (including phenoxy) is 1. The van der Waals surface area contributed by atoms with Gasteiger partial charge < -0.3 is 9.64 Å². The van der Waals surface area contributed by atoms with Crippen LogP contribution in [0.4, 0.5) is 0 Å². The van der Waals surface area contributed by atoms with Crippen LogP contribution in [-0.4, -0.2) is 45.9 Å². The highest BCUT2D eigenvalue weighted by atomic mass is 16.5. The van der Waals surface area contributed by atoms with Crippen molar-refractivity contribution >= 4 is 5.91 Å². The van der Waals surface area contributed by atoms with Crippen molar-refractivity contribution in [1.29, 1.82) is 0 Å². The molecule has 3 heterocycles. The van der Waals surface area contributed by atoms with E-state index in [4.69, 9.17) is 4.74 Å². The van der Waals surface area contributed by atoms with Gasteiger partial charge in [0.05, 0.1) is 5.60 Å². The minimum Gasteiger partial charge on any atom is -0.375 e. The number of carbonyl (C=O) groups is 1. The third-order valence-electron chi connectivity index (χ3n) is 4.54. The Balaban J connectivity index is 1.50. The van der Waals surface area contributed by atoms with E-state index in [0.717, 1.165) is 58.3 Å². The van der Waals surface area contributed by atoms with E-state index in [1.54, 1.807) is 6.20 Å². The summed E-state index contributed by atoms with van der Waals surface area (Å²) in [4.78, 5) is 14.2. The average molecular weight is 277 g/mol. The van der Waals surface area contributed by atoms with Crippen LogP contribution < -0.4 is 0 Å². The van der Waals surface area contributed by atoms with Gasteiger partial charge in [-0.1, -0.05) is 0 Å². The molecular weight excluding hydrogens is 254 g/mol. The van der Waals surface area contributed by atoms with E-state index < -0.39 is 0 Å². The third-order valence-corrected chi connectivity index (χ3v) is 4.54. The maximum absolute atomic E-state index is 12.2. The summed E-state index contributed by atoms with van der Waals surface area (Å²) in [6.45, 7) is 3.42. The molecule has 0 saturated carbocycles. The topological polar surface area (TPSA) is 47.4 Å². The number of aryl methyl sites for hydroxylation is 1. The molecule has 5 nitrogen and oxygen atoms in total. The van der Waals surface area contributed by atoms with Gasteiger partial charge in [-0.05, 0) is 38.2 Å². The van der Waals surface area contributed by atoms with E-state index in [-0.39, 0.29) is 11.5 Å². The van der Waals surface area contributed by atoms with Gasteiger partial charge in [-0.3, -0.25) is 9.48 Å². The summed E-state index contributed by atoms with van der Waals surface area (Å²) in [5.74, 6) is 0.290. The molecule has 0 aliphatic carbocycles. The summed E-state index contributed by atoms with van der Waals surface area (Å²) in [6, 6.07) is 1.93. The number of rotatable bonds is 4. The van der Waals surface area contributed by atoms with Crippen LogP contribution in [0.5, 0.6) is 0 Å². The molecule has 1 spiro atoms. The number of amides is 1. The SMILES string of the molecule is O=C1CCC2(CCCO2)CCN1CCCn1cccn1. The maximum atomic E-state index is 12.2. The van der Waals surface area contributed by atoms with Gasteiger partial charge in [-0.2, -0.15) is 5.10 Å². The minimum absolute atomic E-state index is 0.00634. The first kappa shape index (κ1) is 13.6. The zero-order chi connectivity index (χ0) is 13.8. The molecule has 2 fully saturated rings. The van der Waals surface area contributed by atoms with Crippen LogP contribution in [0.2, 0.25) is 0 Å². The molecule has 5 heteroatoms. The van der Waals surface area contributed by atoms with Crippen LogP contribution in [0.1, 0.15) is 38.5 Å². The van der Waals surface area contributed by atoms with Crippen LogP contribution >= 0.6 is 0 Å². The molecule has 0 radical (unpaired) electrons. The van der Waals surface area contributed by atoms with Crippen molar-refractivity contribution in [2.24, 2.45) is 0 Å². The number of aromatic nitrogens is 2. The van der Waals surface area contributed by atoms with Gasteiger partial charge in [0.1, 0.15) is 0 Å². The molecule has 1 aromatic rings. The van der Waals surface area contributed by atoms with Crippen molar-refractivity contribution in [2.45, 2.75) is 50.7 Å². The lowest BCUT2D eigenvalue weighted by molar-refractivity contribution is -0.130. The van der Waals surface area contributed by atoms with Crippen LogP contribution in [0.3, 0.4) is 0 Å². The molecule has 20 heavy (non-hydrogen) atoms. The van der Waals surface area contributed by atoms with Gasteiger partial charge in [-0.25, -0.2) is 0 Å². The lowest BCUT2D eigenvalue weighted by Gasteiger charge is -2.26. The summed E-state index contributed by atoms with van der Waals surface area (Å²) in [5, 5.41) is 4.19. The van der Waals surface area contributed by atoms with Gasteiger partial charge in [0, 0.05) is 45.1 Å². The fraction of sp³-hybridized carbons (Fsp3) is 0.733. The second-order valence-corrected chi connectivity index (χ2v) is 5.89. The molecule has 1 amide bonds. The Morgan fingerprint density at radius 1 is 1.30 bits per heavy atom. The van der Waals surface area contributed by atoms with Crippen molar-refractivity contribution < 1.29 is 9.53 Å². The summed E-state index contributed by atoms with van der Waals surface area (Å²) in [7, 11) is 0. The number of hydrogen-bond acceptors (Lipinski definition) is 3. The molecular formula is C15H23N3O2. The average Bonchev–Trinajstić information content (AvgIpc) is 3.09. The fourth-order valence-corrected chi connectivity index (χ4v) is 3.32. The zero-order valence-corrected chi connectivity index (χ0v) is 12.0. The Morgan fingerprint density at radius 2 is 2.25 bits per heavy atom. The second-order valence-electron chi connectivity index (χ2n) is 5.89. The Kier molecular flexibility index (Phi) is 4.05. The molecule has 2 aliphatic rings. The van der Waals surface area contributed by atoms with Crippen molar-refractivity contribution in [3.05, 3.63) is 18.5 Å². The standard InChI is InChI=1S/C15H23N3O2/c19-14-4-6-15(5-1-13-20-15)7-12-17(14)9-3-11-18-10-2-8-16-18/h2,8,10H,1,3-7,9,11-13H2. The molecule has 1 aromatic heterocycles. The summed E-state index contributed by atoms with van der Waals surface area (Å²) >= 11 is 0. The Morgan fingerprint density at radius 3 is 3.00 bits per heavy atom. The Bertz CT molecular complexity index is 438. The van der Waals surface area contributed by atoms with E-state index in [1.807, 2.05) is 21.8 Å². The van der Waals surface area contributed by atoms with Crippen molar-refractivity contribution in [3.63, 3.8) is 0 Å². The normalized spacial score (nSPS) is 27.2. The van der Waals surface area contributed by atoms with E-state index in [9.17, 15) is 4.79 Å². The molecule has 1 atom stereocenters. The Labute approximate surface area is 119 Å². The molecule has 0 bridgehead atoms. The van der Waals surface area contributed by atoms with Gasteiger partial charge in [0.15, 0.2) is 0 Å². The zero-order valence-electron chi connectivity index (χ0n) is 12.0. The molecule has 110 valence electrons. The summed E-state index contributed by atoms with van der Waals surface area (Å²) < 4.78 is 7.85. The monoisotopic (exact) mass is 277 g/mol. The van der Waals surface area contributed by atoms with Crippen molar-refractivity contribution in [3.8, 4) is 0 Å². The third kappa shape index (κ3) is 3.03. The predicted octanol–water partition coefficient (Wildman–Crippen LogP) is 1.83. The fourth-order valence-electron chi connectivity index (χ4n) is 3.32. The lowest BCUT2D eigenvalue weighted by atomic mass is 9.92. The highest BCUT2D eigenvalue weighted by Crippen LogP contribution is 2.35. The van der Waals surface area contributed by atoms with Gasteiger partial charge in [0.25, 0.3) is 0 Å². The van der Waals surface area contributed by atoms with E-state index >= 15 is 0 Å². The molecule has 0 N–H and O–H groups in total. The van der Waals surface area contributed by atoms with Crippen LogP contribution in [-0.2, 0) is 16.1 Å². The highest BCUT2D eigenvalue weighted by molar-refractivity contribution is 5.76. The van der Waals surface area contributed by atoms with Gasteiger partial charge in [0.2, 0.25) is 5.91 Å². The minimum atomic E-state index is 0.00634. The van der Waals surface area contributed by atoms with Crippen LogP contribution in [0, 0.1) is 0 Å². The second kappa shape index (κ2) is 5.95. The van der Waals surface area contributed by atoms with Crippen LogP contribution in [0.15, 0.2) is 18.5 Å². The highest BCUT2D eigenvalue weighted by Gasteiger charge is 2.38. The quantitative estimate of drug-likeness (QED) is 0.843. The molecule has 2 saturated heterocycles. The largest absolute Gasteiger partial charge is 0.375 e. The van der Waals surface area contributed by atoms with Crippen molar-refractivity contribution in [2.75, 3.05) is 19.7 Å². The molecule has 1 unspecified atom stereocenters. The van der Waals surface area contributed by atoms with E-state index in [2.05, 4.69) is 5.10 Å².